The Morgan fingerprint density at radius 3 is 2.68 bits per heavy atom. The Morgan fingerprint density at radius 2 is 1.86 bits per heavy atom. The molecule has 2 aromatic carbocycles. The molecule has 0 unspecified atom stereocenters. The minimum absolute atomic E-state index is 0.320. The van der Waals surface area contributed by atoms with E-state index in [1.54, 1.807) is 0 Å². The van der Waals surface area contributed by atoms with Crippen LogP contribution in [0.5, 0.6) is 0 Å². The number of aromatic nitrogens is 3. The number of benzene rings is 2. The lowest BCUT2D eigenvalue weighted by atomic mass is 9.91. The van der Waals surface area contributed by atoms with Gasteiger partial charge in [-0.15, -0.1) is 0 Å². The molecule has 5 nitrogen and oxygen atoms in total. The second-order valence-electron chi connectivity index (χ2n) is 7.57. The highest BCUT2D eigenvalue weighted by molar-refractivity contribution is 6.31. The minimum Gasteiger partial charge on any atom is -0.381 e. The zero-order valence-electron chi connectivity index (χ0n) is 15.5. The van der Waals surface area contributed by atoms with Gasteiger partial charge in [-0.25, -0.2) is 4.98 Å². The number of hydrogen-bond donors (Lipinski definition) is 3. The third kappa shape index (κ3) is 3.21. The predicted molar refractivity (Wildman–Crippen MR) is 116 cm³/mol. The van der Waals surface area contributed by atoms with Crippen LogP contribution in [0.25, 0.3) is 33.3 Å². The highest BCUT2D eigenvalue weighted by Crippen LogP contribution is 2.36. The number of pyridine rings is 1. The van der Waals surface area contributed by atoms with Gasteiger partial charge in [-0.05, 0) is 56.0 Å². The number of imidazole rings is 1. The number of nitrogens with one attached hydrogen (secondary N) is 2. The van der Waals surface area contributed by atoms with Crippen molar-refractivity contribution in [3.63, 3.8) is 0 Å². The maximum atomic E-state index is 6.20. The van der Waals surface area contributed by atoms with Crippen LogP contribution in [-0.2, 0) is 0 Å². The molecule has 1 saturated carbocycles. The van der Waals surface area contributed by atoms with E-state index in [9.17, 15) is 0 Å². The van der Waals surface area contributed by atoms with Crippen LogP contribution in [-0.4, -0.2) is 27.0 Å². The summed E-state index contributed by atoms with van der Waals surface area (Å²) in [5.41, 5.74) is 11.0. The Kier molecular flexibility index (Phi) is 4.41. The van der Waals surface area contributed by atoms with Crippen molar-refractivity contribution in [3.05, 3.63) is 53.7 Å². The quantitative estimate of drug-likeness (QED) is 0.453. The van der Waals surface area contributed by atoms with Gasteiger partial charge in [-0.3, -0.25) is 4.98 Å². The van der Waals surface area contributed by atoms with Gasteiger partial charge >= 0.3 is 0 Å². The smallest absolute Gasteiger partial charge is 0.142 e. The average molecular weight is 392 g/mol. The van der Waals surface area contributed by atoms with E-state index in [4.69, 9.17) is 22.3 Å². The topological polar surface area (TPSA) is 79.6 Å². The molecule has 142 valence electrons. The second kappa shape index (κ2) is 7.08. The van der Waals surface area contributed by atoms with Crippen molar-refractivity contribution in [1.29, 1.82) is 0 Å². The molecular weight excluding hydrogens is 370 g/mol. The monoisotopic (exact) mass is 391 g/mol. The molecular formula is C22H22ClN5. The molecule has 0 saturated heterocycles. The summed E-state index contributed by atoms with van der Waals surface area (Å²) < 4.78 is 0. The van der Waals surface area contributed by atoms with E-state index in [1.807, 2.05) is 48.7 Å². The van der Waals surface area contributed by atoms with Crippen LogP contribution < -0.4 is 11.1 Å². The van der Waals surface area contributed by atoms with Crippen molar-refractivity contribution in [2.75, 3.05) is 5.32 Å². The maximum Gasteiger partial charge on any atom is 0.142 e. The summed E-state index contributed by atoms with van der Waals surface area (Å²) in [6.45, 7) is 0. The molecule has 1 fully saturated rings. The van der Waals surface area contributed by atoms with Crippen LogP contribution in [0.2, 0.25) is 5.02 Å². The molecule has 28 heavy (non-hydrogen) atoms. The summed E-state index contributed by atoms with van der Waals surface area (Å²) in [4.78, 5) is 12.9. The average Bonchev–Trinajstić information content (AvgIpc) is 3.13. The Labute approximate surface area is 168 Å². The zero-order chi connectivity index (χ0) is 19.1. The Morgan fingerprint density at radius 1 is 1.04 bits per heavy atom. The van der Waals surface area contributed by atoms with Crippen LogP contribution in [0, 0.1) is 0 Å². The fourth-order valence-corrected chi connectivity index (χ4v) is 4.22. The first-order valence-electron chi connectivity index (χ1n) is 9.73. The molecule has 2 aromatic heterocycles. The van der Waals surface area contributed by atoms with E-state index < -0.39 is 0 Å². The van der Waals surface area contributed by atoms with Gasteiger partial charge < -0.3 is 16.0 Å². The van der Waals surface area contributed by atoms with E-state index >= 15 is 0 Å². The van der Waals surface area contributed by atoms with Crippen LogP contribution in [0.1, 0.15) is 25.7 Å². The first kappa shape index (κ1) is 17.5. The zero-order valence-corrected chi connectivity index (χ0v) is 16.2. The van der Waals surface area contributed by atoms with Crippen LogP contribution in [0.3, 0.4) is 0 Å². The van der Waals surface area contributed by atoms with Crippen molar-refractivity contribution in [2.45, 2.75) is 37.8 Å². The molecule has 0 aliphatic heterocycles. The SMILES string of the molecule is NC1CCC(Nc2c(-c3nc4ccccc4[nH]3)cnc3cc(Cl)ccc23)CC1. The maximum absolute atomic E-state index is 6.20. The van der Waals surface area contributed by atoms with E-state index in [0.29, 0.717) is 17.1 Å². The summed E-state index contributed by atoms with van der Waals surface area (Å²) in [5, 5.41) is 5.52. The Hall–Kier alpha value is -2.63. The van der Waals surface area contributed by atoms with Crippen LogP contribution in [0.4, 0.5) is 5.69 Å². The number of H-pyrrole nitrogens is 1. The van der Waals surface area contributed by atoms with Gasteiger partial charge in [-0.1, -0.05) is 23.7 Å². The molecule has 1 aliphatic carbocycles. The number of nitrogens with two attached hydrogens (primary N) is 1. The number of aromatic amines is 1. The van der Waals surface area contributed by atoms with Gasteiger partial charge in [0.1, 0.15) is 5.82 Å². The summed E-state index contributed by atoms with van der Waals surface area (Å²) >= 11 is 6.20. The van der Waals surface area contributed by atoms with E-state index in [2.05, 4.69) is 15.3 Å². The fourth-order valence-electron chi connectivity index (χ4n) is 4.05. The lowest BCUT2D eigenvalue weighted by Gasteiger charge is -2.28. The fraction of sp³-hybridized carbons (Fsp3) is 0.273. The number of halogens is 1. The summed E-state index contributed by atoms with van der Waals surface area (Å²) in [6.07, 6.45) is 6.11. The minimum atomic E-state index is 0.320. The van der Waals surface area contributed by atoms with Gasteiger partial charge in [0.25, 0.3) is 0 Å². The molecule has 0 bridgehead atoms. The number of para-hydroxylation sites is 2. The number of anilines is 1. The number of fused-ring (bicyclic) bond motifs is 2. The molecule has 0 radical (unpaired) electrons. The molecule has 0 spiro atoms. The lowest BCUT2D eigenvalue weighted by Crippen LogP contribution is -2.33. The van der Waals surface area contributed by atoms with Crippen molar-refractivity contribution in [3.8, 4) is 11.4 Å². The van der Waals surface area contributed by atoms with Crippen molar-refractivity contribution in [1.82, 2.24) is 15.0 Å². The molecule has 0 amide bonds. The summed E-state index contributed by atoms with van der Waals surface area (Å²) in [6, 6.07) is 14.6. The van der Waals surface area contributed by atoms with Gasteiger partial charge in [0.15, 0.2) is 0 Å². The molecule has 4 aromatic rings. The van der Waals surface area contributed by atoms with E-state index in [-0.39, 0.29) is 0 Å². The molecule has 4 N–H and O–H groups in total. The van der Waals surface area contributed by atoms with E-state index in [0.717, 1.165) is 64.7 Å². The summed E-state index contributed by atoms with van der Waals surface area (Å²) in [5.74, 6) is 0.820. The van der Waals surface area contributed by atoms with Gasteiger partial charge in [0.05, 0.1) is 27.8 Å². The second-order valence-corrected chi connectivity index (χ2v) is 8.00. The Balaban J connectivity index is 1.64. The standard InChI is InChI=1S/C22H22ClN5/c23-13-5-10-16-20(11-13)25-12-17(21(16)26-15-8-6-14(24)7-9-15)22-27-18-3-1-2-4-19(18)28-22/h1-5,10-12,14-15H,6-9,24H2,(H,25,26)(H,27,28). The molecule has 1 aliphatic rings. The number of hydrogen-bond acceptors (Lipinski definition) is 4. The highest BCUT2D eigenvalue weighted by Gasteiger charge is 2.22. The van der Waals surface area contributed by atoms with Crippen molar-refractivity contribution >= 4 is 39.2 Å². The van der Waals surface area contributed by atoms with Crippen LogP contribution >= 0.6 is 11.6 Å². The third-order valence-electron chi connectivity index (χ3n) is 5.60. The van der Waals surface area contributed by atoms with Crippen molar-refractivity contribution in [2.24, 2.45) is 5.73 Å². The molecule has 0 atom stereocenters. The predicted octanol–water partition coefficient (Wildman–Crippen LogP) is 5.11. The molecule has 2 heterocycles. The van der Waals surface area contributed by atoms with Crippen molar-refractivity contribution < 1.29 is 0 Å². The number of rotatable bonds is 3. The largest absolute Gasteiger partial charge is 0.381 e. The van der Waals surface area contributed by atoms with E-state index in [1.165, 1.54) is 0 Å². The third-order valence-corrected chi connectivity index (χ3v) is 5.83. The lowest BCUT2D eigenvalue weighted by molar-refractivity contribution is 0.411. The summed E-state index contributed by atoms with van der Waals surface area (Å²) in [7, 11) is 0. The normalized spacial score (nSPS) is 19.9. The molecule has 5 rings (SSSR count). The molecule has 6 heteroatoms. The van der Waals surface area contributed by atoms with Gasteiger partial charge in [0, 0.05) is 28.7 Å². The Bertz CT molecular complexity index is 1110. The van der Waals surface area contributed by atoms with Crippen LogP contribution in [0.15, 0.2) is 48.7 Å². The highest BCUT2D eigenvalue weighted by atomic mass is 35.5. The van der Waals surface area contributed by atoms with Gasteiger partial charge in [0.2, 0.25) is 0 Å². The first-order valence-corrected chi connectivity index (χ1v) is 10.1. The first-order chi connectivity index (χ1) is 13.7. The number of nitrogens with zero attached hydrogens (tertiary/aromatic N) is 2. The van der Waals surface area contributed by atoms with Gasteiger partial charge in [-0.2, -0.15) is 0 Å².